The van der Waals surface area contributed by atoms with Gasteiger partial charge in [0.1, 0.15) is 17.2 Å². The SMILES string of the molecule is Cc1c(O)c2c(C)c(O)c3c(-c4ccc(-c5cccc6ccccc56)cc4)c(O)c(C)c4c(O)c(O)c(c1-c1ccc(-c5cccc6c5C=CCC6)cc1)c2c43. The average Bonchev–Trinajstić information content (AvgIpc) is 3.23. The number of phenolic OH excluding ortho intramolecular Hbond substituents is 5. The van der Waals surface area contributed by atoms with E-state index in [9.17, 15) is 25.5 Å². The third-order valence-electron chi connectivity index (χ3n) is 12.2. The smallest absolute Gasteiger partial charge is 0.166 e. The van der Waals surface area contributed by atoms with E-state index >= 15 is 0 Å². The Labute approximate surface area is 323 Å². The van der Waals surface area contributed by atoms with Crippen molar-refractivity contribution in [2.24, 2.45) is 0 Å². The Balaban J connectivity index is 1.23. The minimum absolute atomic E-state index is 0.0216. The molecule has 56 heavy (non-hydrogen) atoms. The Bertz CT molecular complexity index is 3130. The maximum Gasteiger partial charge on any atom is 0.166 e. The summed E-state index contributed by atoms with van der Waals surface area (Å²) in [6.07, 6.45) is 6.43. The van der Waals surface area contributed by atoms with E-state index < -0.39 is 5.75 Å². The normalized spacial score (nSPS) is 12.7. The summed E-state index contributed by atoms with van der Waals surface area (Å²) in [7, 11) is 0. The van der Waals surface area contributed by atoms with Crippen molar-refractivity contribution >= 4 is 49.2 Å². The van der Waals surface area contributed by atoms with Crippen LogP contribution >= 0.6 is 0 Å². The van der Waals surface area contributed by atoms with Gasteiger partial charge in [0.05, 0.1) is 0 Å². The van der Waals surface area contributed by atoms with Gasteiger partial charge < -0.3 is 25.5 Å². The zero-order valence-electron chi connectivity index (χ0n) is 31.2. The molecule has 5 heteroatoms. The molecule has 1 aliphatic carbocycles. The minimum Gasteiger partial charge on any atom is -0.507 e. The summed E-state index contributed by atoms with van der Waals surface area (Å²) in [5, 5.41) is 64.4. The lowest BCUT2D eigenvalue weighted by Crippen LogP contribution is -1.99. The molecule has 0 spiro atoms. The molecule has 1 aliphatic rings. The molecule has 0 radical (unpaired) electrons. The average molecular weight is 731 g/mol. The second kappa shape index (κ2) is 12.3. The summed E-state index contributed by atoms with van der Waals surface area (Å²) < 4.78 is 0. The Hall–Kier alpha value is -6.98. The van der Waals surface area contributed by atoms with Crippen LogP contribution in [-0.4, -0.2) is 25.5 Å². The topological polar surface area (TPSA) is 101 Å². The molecule has 0 aromatic heterocycles. The lowest BCUT2D eigenvalue weighted by Gasteiger charge is -2.25. The number of allylic oxidation sites excluding steroid dienone is 1. The summed E-state index contributed by atoms with van der Waals surface area (Å²) >= 11 is 0. The molecule has 9 aromatic carbocycles. The van der Waals surface area contributed by atoms with Gasteiger partial charge in [0.15, 0.2) is 11.5 Å². The molecule has 0 amide bonds. The van der Waals surface area contributed by atoms with Gasteiger partial charge in [-0.05, 0) is 88.9 Å². The van der Waals surface area contributed by atoms with Crippen LogP contribution in [0.2, 0.25) is 0 Å². The number of benzene rings is 9. The summed E-state index contributed by atoms with van der Waals surface area (Å²) in [5.74, 6) is -1.01. The molecule has 0 unspecified atom stereocenters. The number of hydrogen-bond acceptors (Lipinski definition) is 5. The van der Waals surface area contributed by atoms with Gasteiger partial charge in [-0.25, -0.2) is 0 Å². The third-order valence-corrected chi connectivity index (χ3v) is 12.2. The molecular formula is C51H38O5. The van der Waals surface area contributed by atoms with Gasteiger partial charge in [0.2, 0.25) is 0 Å². The van der Waals surface area contributed by atoms with Crippen molar-refractivity contribution in [1.82, 2.24) is 0 Å². The van der Waals surface area contributed by atoms with E-state index in [0.717, 1.165) is 51.4 Å². The van der Waals surface area contributed by atoms with Crippen molar-refractivity contribution in [3.05, 3.63) is 143 Å². The zero-order valence-corrected chi connectivity index (χ0v) is 31.2. The maximum absolute atomic E-state index is 12.1. The fraction of sp³-hybridized carbons (Fsp3) is 0.0980. The Morgan fingerprint density at radius 1 is 0.411 bits per heavy atom. The predicted molar refractivity (Wildman–Crippen MR) is 229 cm³/mol. The summed E-state index contributed by atoms with van der Waals surface area (Å²) in [5.41, 5.74) is 10.4. The number of aryl methyl sites for hydroxylation is 3. The highest BCUT2D eigenvalue weighted by atomic mass is 16.3. The Morgan fingerprint density at radius 3 is 1.66 bits per heavy atom. The van der Waals surface area contributed by atoms with Crippen molar-refractivity contribution in [1.29, 1.82) is 0 Å². The van der Waals surface area contributed by atoms with Gasteiger partial charge in [-0.3, -0.25) is 0 Å². The molecule has 0 bridgehead atoms. The number of phenols is 5. The van der Waals surface area contributed by atoms with Gasteiger partial charge in [0.25, 0.3) is 0 Å². The van der Waals surface area contributed by atoms with E-state index in [1.807, 2.05) is 54.6 Å². The van der Waals surface area contributed by atoms with E-state index in [-0.39, 0.29) is 28.4 Å². The summed E-state index contributed by atoms with van der Waals surface area (Å²) in [4.78, 5) is 0. The maximum atomic E-state index is 12.1. The highest BCUT2D eigenvalue weighted by Crippen LogP contribution is 2.59. The van der Waals surface area contributed by atoms with Crippen LogP contribution in [0.25, 0.3) is 93.7 Å². The van der Waals surface area contributed by atoms with Gasteiger partial charge in [-0.2, -0.15) is 0 Å². The highest BCUT2D eigenvalue weighted by Gasteiger charge is 2.32. The van der Waals surface area contributed by atoms with Crippen LogP contribution in [0.5, 0.6) is 28.7 Å². The van der Waals surface area contributed by atoms with Crippen LogP contribution in [0, 0.1) is 20.8 Å². The molecule has 272 valence electrons. The zero-order chi connectivity index (χ0) is 38.6. The summed E-state index contributed by atoms with van der Waals surface area (Å²) in [6, 6.07) is 36.8. The first-order chi connectivity index (χ1) is 27.2. The number of hydrogen-bond donors (Lipinski definition) is 5. The van der Waals surface area contributed by atoms with E-state index in [1.54, 1.807) is 20.8 Å². The molecule has 0 aliphatic heterocycles. The predicted octanol–water partition coefficient (Wildman–Crippen LogP) is 12.8. The minimum atomic E-state index is -0.400. The van der Waals surface area contributed by atoms with Crippen molar-refractivity contribution in [2.75, 3.05) is 0 Å². The second-order valence-electron chi connectivity index (χ2n) is 15.1. The molecule has 0 saturated carbocycles. The molecule has 0 heterocycles. The van der Waals surface area contributed by atoms with Crippen LogP contribution in [0.15, 0.2) is 115 Å². The van der Waals surface area contributed by atoms with Gasteiger partial charge >= 0.3 is 0 Å². The molecule has 10 rings (SSSR count). The summed E-state index contributed by atoms with van der Waals surface area (Å²) in [6.45, 7) is 5.22. The lowest BCUT2D eigenvalue weighted by atomic mass is 9.80. The fourth-order valence-electron chi connectivity index (χ4n) is 9.37. The first-order valence-electron chi connectivity index (χ1n) is 19.0. The lowest BCUT2D eigenvalue weighted by molar-refractivity contribution is 0.412. The van der Waals surface area contributed by atoms with Gasteiger partial charge in [0, 0.05) is 60.1 Å². The number of aromatic hydroxyl groups is 5. The highest BCUT2D eigenvalue weighted by molar-refractivity contribution is 6.35. The first kappa shape index (κ1) is 33.6. The molecule has 0 saturated heterocycles. The molecule has 0 atom stereocenters. The van der Waals surface area contributed by atoms with Crippen LogP contribution in [-0.2, 0) is 6.42 Å². The van der Waals surface area contributed by atoms with Crippen LogP contribution in [0.4, 0.5) is 0 Å². The molecule has 9 aromatic rings. The largest absolute Gasteiger partial charge is 0.507 e. The number of fused-ring (bicyclic) bond motifs is 2. The first-order valence-corrected chi connectivity index (χ1v) is 19.0. The Kier molecular flexibility index (Phi) is 7.36. The third kappa shape index (κ3) is 4.61. The standard InChI is InChI=1S/C51H38O5/c1-26-39(33-22-18-31(19-23-33)37-16-8-12-29-10-4-6-14-35(29)37)45-43-40(47(26)52)27(2)49(54)46-42(48(53)28(3)41(44(43)46)50(55)51(45)56)34-24-20-32(21-25-34)38-17-9-13-30-11-5-7-15-36(30)38/h5-9,11-25,52-56H,4,10H2,1-3H3. The van der Waals surface area contributed by atoms with Crippen molar-refractivity contribution in [3.8, 4) is 73.3 Å². The second-order valence-corrected chi connectivity index (χ2v) is 15.1. The van der Waals surface area contributed by atoms with Gasteiger partial charge in [-0.1, -0.05) is 121 Å². The van der Waals surface area contributed by atoms with Crippen molar-refractivity contribution in [3.63, 3.8) is 0 Å². The van der Waals surface area contributed by atoms with E-state index in [1.165, 1.54) is 11.1 Å². The molecule has 0 fully saturated rings. The van der Waals surface area contributed by atoms with Crippen molar-refractivity contribution in [2.45, 2.75) is 33.6 Å². The fourth-order valence-corrected chi connectivity index (χ4v) is 9.37. The van der Waals surface area contributed by atoms with E-state index in [0.29, 0.717) is 60.3 Å². The number of rotatable bonds is 4. The van der Waals surface area contributed by atoms with Crippen LogP contribution in [0.3, 0.4) is 0 Å². The molecule has 5 nitrogen and oxygen atoms in total. The molecular weight excluding hydrogens is 693 g/mol. The quantitative estimate of drug-likeness (QED) is 0.0917. The molecule has 5 N–H and O–H groups in total. The van der Waals surface area contributed by atoms with E-state index in [4.69, 9.17) is 0 Å². The van der Waals surface area contributed by atoms with Crippen molar-refractivity contribution < 1.29 is 25.5 Å². The van der Waals surface area contributed by atoms with Crippen LogP contribution < -0.4 is 0 Å². The Morgan fingerprint density at radius 2 is 0.929 bits per heavy atom. The van der Waals surface area contributed by atoms with Crippen LogP contribution in [0.1, 0.15) is 34.2 Å². The van der Waals surface area contributed by atoms with Gasteiger partial charge in [-0.15, -0.1) is 0 Å². The monoisotopic (exact) mass is 730 g/mol. The van der Waals surface area contributed by atoms with E-state index in [2.05, 4.69) is 66.7 Å².